The van der Waals surface area contributed by atoms with Crippen LogP contribution in [-0.4, -0.2) is 21.8 Å². The van der Waals surface area contributed by atoms with E-state index in [4.69, 9.17) is 0 Å². The molecule has 2 heterocycles. The molecule has 0 aliphatic carbocycles. The van der Waals surface area contributed by atoms with E-state index in [1.807, 2.05) is 6.07 Å². The van der Waals surface area contributed by atoms with Gasteiger partial charge in [-0.25, -0.2) is 9.97 Å². The van der Waals surface area contributed by atoms with Gasteiger partial charge in [0.05, 0.1) is 17.7 Å². The summed E-state index contributed by atoms with van der Waals surface area (Å²) in [4.78, 5) is 30.9. The van der Waals surface area contributed by atoms with Gasteiger partial charge in [-0.05, 0) is 30.2 Å². The van der Waals surface area contributed by atoms with Gasteiger partial charge in [-0.2, -0.15) is 18.4 Å². The molecule has 11 heteroatoms. The van der Waals surface area contributed by atoms with Crippen LogP contribution in [0.1, 0.15) is 28.8 Å². The molecule has 2 aromatic heterocycles. The highest BCUT2D eigenvalue weighted by molar-refractivity contribution is 7.15. The van der Waals surface area contributed by atoms with Gasteiger partial charge in [0.25, 0.3) is 0 Å². The van der Waals surface area contributed by atoms with Crippen LogP contribution in [0.25, 0.3) is 11.1 Å². The summed E-state index contributed by atoms with van der Waals surface area (Å²) < 4.78 is 38.2. The van der Waals surface area contributed by atoms with E-state index in [0.29, 0.717) is 34.2 Å². The Labute approximate surface area is 190 Å². The van der Waals surface area contributed by atoms with Crippen LogP contribution >= 0.6 is 11.3 Å². The first kappa shape index (κ1) is 23.6. The Morgan fingerprint density at radius 3 is 2.58 bits per heavy atom. The van der Waals surface area contributed by atoms with E-state index in [1.54, 1.807) is 37.3 Å². The molecule has 0 radical (unpaired) electrons. The lowest BCUT2D eigenvalue weighted by Gasteiger charge is -2.13. The Kier molecular flexibility index (Phi) is 6.89. The second kappa shape index (κ2) is 9.62. The summed E-state index contributed by atoms with van der Waals surface area (Å²) in [7, 11) is 0. The molecule has 0 saturated carbocycles. The van der Waals surface area contributed by atoms with E-state index in [1.165, 1.54) is 6.20 Å². The van der Waals surface area contributed by atoms with Gasteiger partial charge in [-0.3, -0.25) is 9.59 Å². The number of nitrogens with zero attached hydrogens (tertiary/aromatic N) is 3. The molecule has 33 heavy (non-hydrogen) atoms. The van der Waals surface area contributed by atoms with E-state index in [2.05, 4.69) is 27.2 Å². The van der Waals surface area contributed by atoms with Crippen molar-refractivity contribution in [3.8, 4) is 17.2 Å². The van der Waals surface area contributed by atoms with Gasteiger partial charge in [-0.1, -0.05) is 42.2 Å². The van der Waals surface area contributed by atoms with Crippen molar-refractivity contribution in [1.82, 2.24) is 9.97 Å². The lowest BCUT2D eigenvalue weighted by Crippen LogP contribution is -2.18. The molecule has 0 aliphatic rings. The molecule has 2 N–H and O–H groups in total. The van der Waals surface area contributed by atoms with Gasteiger partial charge in [0.2, 0.25) is 11.8 Å². The number of carbonyl (C=O) groups is 2. The Morgan fingerprint density at radius 2 is 1.94 bits per heavy atom. The quantitative estimate of drug-likeness (QED) is 0.494. The fourth-order valence-electron chi connectivity index (χ4n) is 2.79. The van der Waals surface area contributed by atoms with Gasteiger partial charge in [0.1, 0.15) is 10.9 Å². The molecular formula is C22H16F3N5O2S. The third-order valence-electron chi connectivity index (χ3n) is 4.56. The first-order valence-corrected chi connectivity index (χ1v) is 10.2. The van der Waals surface area contributed by atoms with Crippen LogP contribution < -0.4 is 10.6 Å². The second-order valence-corrected chi connectivity index (χ2v) is 7.82. The maximum absolute atomic E-state index is 12.7. The Hall–Kier alpha value is -4.04. The molecule has 0 saturated heterocycles. The van der Waals surface area contributed by atoms with Crippen molar-refractivity contribution in [3.05, 3.63) is 71.4 Å². The predicted octanol–water partition coefficient (Wildman–Crippen LogP) is 4.96. The zero-order valence-corrected chi connectivity index (χ0v) is 17.9. The molecule has 0 fully saturated rings. The van der Waals surface area contributed by atoms with E-state index in [9.17, 15) is 28.0 Å². The summed E-state index contributed by atoms with van der Waals surface area (Å²) in [6.07, 6.45) is -1.33. The summed E-state index contributed by atoms with van der Waals surface area (Å²) >= 11 is 0.349. The third-order valence-corrected chi connectivity index (χ3v) is 5.52. The molecule has 2 amide bonds. The number of amides is 2. The van der Waals surface area contributed by atoms with Crippen molar-refractivity contribution in [1.29, 1.82) is 5.26 Å². The van der Waals surface area contributed by atoms with E-state index in [0.717, 1.165) is 6.08 Å². The first-order chi connectivity index (χ1) is 15.6. The fraction of sp³-hybridized carbons (Fsp3) is 0.136. The first-order valence-electron chi connectivity index (χ1n) is 9.40. The zero-order chi connectivity index (χ0) is 24.2. The molecule has 0 aliphatic heterocycles. The van der Waals surface area contributed by atoms with Crippen LogP contribution in [0.2, 0.25) is 0 Å². The minimum atomic E-state index is -4.53. The number of carbonyl (C=O) groups excluding carboxylic acids is 2. The molecule has 3 rings (SSSR count). The minimum absolute atomic E-state index is 0.0942. The van der Waals surface area contributed by atoms with E-state index in [-0.39, 0.29) is 16.5 Å². The van der Waals surface area contributed by atoms with Crippen LogP contribution in [0.3, 0.4) is 0 Å². The van der Waals surface area contributed by atoms with E-state index < -0.39 is 28.8 Å². The molecule has 168 valence electrons. The number of aromatic nitrogens is 2. The number of benzene rings is 1. The lowest BCUT2D eigenvalue weighted by atomic mass is 9.96. The van der Waals surface area contributed by atoms with Crippen LogP contribution in [-0.2, 0) is 15.8 Å². The second-order valence-electron chi connectivity index (χ2n) is 6.79. The standard InChI is InChI=1S/C22H16F3N5O2S/c1-3-18(31)29-19-15(9-26)8-16(10-27-19)14-6-4-5-13(7-14)12(2)20(32)30-21-28-11-17(33-21)22(23,24)25/h3-8,10-12H,1H2,2H3,(H,27,29,31)(H,28,30,32)/t12-/m0/s1. The van der Waals surface area contributed by atoms with Crippen molar-refractivity contribution in [2.45, 2.75) is 19.0 Å². The van der Waals surface area contributed by atoms with Crippen molar-refractivity contribution >= 4 is 34.1 Å². The Bertz CT molecular complexity index is 1260. The Morgan fingerprint density at radius 1 is 1.18 bits per heavy atom. The van der Waals surface area contributed by atoms with Crippen LogP contribution in [0, 0.1) is 11.3 Å². The molecule has 1 atom stereocenters. The minimum Gasteiger partial charge on any atom is -0.306 e. The average molecular weight is 471 g/mol. The highest BCUT2D eigenvalue weighted by Gasteiger charge is 2.33. The number of halogens is 3. The molecule has 0 bridgehead atoms. The van der Waals surface area contributed by atoms with Crippen molar-refractivity contribution in [2.24, 2.45) is 0 Å². The highest BCUT2D eigenvalue weighted by Crippen LogP contribution is 2.35. The number of hydrogen-bond acceptors (Lipinski definition) is 6. The van der Waals surface area contributed by atoms with Crippen LogP contribution in [0.4, 0.5) is 24.1 Å². The lowest BCUT2D eigenvalue weighted by molar-refractivity contribution is -0.134. The van der Waals surface area contributed by atoms with Crippen molar-refractivity contribution < 1.29 is 22.8 Å². The number of nitriles is 1. The monoisotopic (exact) mass is 471 g/mol. The highest BCUT2D eigenvalue weighted by atomic mass is 32.1. The zero-order valence-electron chi connectivity index (χ0n) is 17.1. The maximum Gasteiger partial charge on any atom is 0.427 e. The van der Waals surface area contributed by atoms with Gasteiger partial charge in [0.15, 0.2) is 10.9 Å². The van der Waals surface area contributed by atoms with Gasteiger partial charge in [0, 0.05) is 11.8 Å². The summed E-state index contributed by atoms with van der Waals surface area (Å²) in [6.45, 7) is 4.96. The largest absolute Gasteiger partial charge is 0.427 e. The SMILES string of the molecule is C=CC(=O)Nc1ncc(-c2cccc([C@H](C)C(=O)Nc3ncc(C(F)(F)F)s3)c2)cc1C#N. The number of hydrogen-bond donors (Lipinski definition) is 2. The van der Waals surface area contributed by atoms with Gasteiger partial charge >= 0.3 is 6.18 Å². The summed E-state index contributed by atoms with van der Waals surface area (Å²) in [5, 5.41) is 14.1. The van der Waals surface area contributed by atoms with Crippen LogP contribution in [0.15, 0.2) is 55.4 Å². The Balaban J connectivity index is 1.81. The van der Waals surface area contributed by atoms with E-state index >= 15 is 0 Å². The molecular weight excluding hydrogens is 455 g/mol. The number of alkyl halides is 3. The molecule has 0 unspecified atom stereocenters. The smallest absolute Gasteiger partial charge is 0.306 e. The van der Waals surface area contributed by atoms with Crippen molar-refractivity contribution in [3.63, 3.8) is 0 Å². The van der Waals surface area contributed by atoms with Gasteiger partial charge < -0.3 is 10.6 Å². The molecule has 0 spiro atoms. The predicted molar refractivity (Wildman–Crippen MR) is 117 cm³/mol. The molecule has 3 aromatic rings. The molecule has 1 aromatic carbocycles. The van der Waals surface area contributed by atoms with Gasteiger partial charge in [-0.15, -0.1) is 0 Å². The topological polar surface area (TPSA) is 108 Å². The summed E-state index contributed by atoms with van der Waals surface area (Å²) in [5.74, 6) is -1.63. The summed E-state index contributed by atoms with van der Waals surface area (Å²) in [6, 6.07) is 10.4. The number of thiazole rings is 1. The van der Waals surface area contributed by atoms with Crippen LogP contribution in [0.5, 0.6) is 0 Å². The average Bonchev–Trinajstić information content (AvgIpc) is 3.27. The fourth-order valence-corrected chi connectivity index (χ4v) is 3.48. The number of nitrogens with one attached hydrogen (secondary N) is 2. The normalized spacial score (nSPS) is 11.8. The number of pyridine rings is 1. The summed E-state index contributed by atoms with van der Waals surface area (Å²) in [5.41, 5.74) is 1.97. The third kappa shape index (κ3) is 5.61. The maximum atomic E-state index is 12.7. The number of rotatable bonds is 6. The molecule has 7 nitrogen and oxygen atoms in total. The number of anilines is 2. The van der Waals surface area contributed by atoms with Crippen molar-refractivity contribution in [2.75, 3.05) is 10.6 Å².